The molecule has 16 heavy (non-hydrogen) atoms. The fourth-order valence-electron chi connectivity index (χ4n) is 1.20. The fraction of sp³-hybridized carbons (Fsp3) is 0.400. The fourth-order valence-corrected chi connectivity index (χ4v) is 1.78. The maximum absolute atomic E-state index is 12.1. The molecule has 6 heteroatoms. The monoisotopic (exact) mass is 272 g/mol. The summed E-state index contributed by atoms with van der Waals surface area (Å²) >= 11 is 11.4. The second-order valence-corrected chi connectivity index (χ2v) is 4.11. The van der Waals surface area contributed by atoms with Crippen LogP contribution in [0.2, 0.25) is 5.02 Å². The van der Waals surface area contributed by atoms with Crippen molar-refractivity contribution in [3.63, 3.8) is 0 Å². The summed E-state index contributed by atoms with van der Waals surface area (Å²) in [5.41, 5.74) is 0.324. The van der Waals surface area contributed by atoms with Crippen molar-refractivity contribution in [3.8, 4) is 5.75 Å². The largest absolute Gasteiger partial charge is 0.495 e. The normalized spacial score (nSPS) is 13.6. The Morgan fingerprint density at radius 2 is 2.00 bits per heavy atom. The number of alkyl halides is 4. The first-order valence-corrected chi connectivity index (χ1v) is 5.19. The first kappa shape index (κ1) is 13.5. The van der Waals surface area contributed by atoms with Gasteiger partial charge in [0, 0.05) is 0 Å². The zero-order valence-corrected chi connectivity index (χ0v) is 9.83. The van der Waals surface area contributed by atoms with E-state index in [1.165, 1.54) is 25.3 Å². The summed E-state index contributed by atoms with van der Waals surface area (Å²) in [5.74, 6) is 0.404. The van der Waals surface area contributed by atoms with Crippen molar-refractivity contribution >= 4 is 23.2 Å². The Hall–Kier alpha value is -0.610. The van der Waals surface area contributed by atoms with E-state index in [1.54, 1.807) is 0 Å². The Labute approximate surface area is 101 Å². The third kappa shape index (κ3) is 3.76. The van der Waals surface area contributed by atoms with Gasteiger partial charge in [-0.05, 0) is 17.7 Å². The predicted octanol–water partition coefficient (Wildman–Crippen LogP) is 4.58. The highest BCUT2D eigenvalue weighted by Crippen LogP contribution is 2.36. The van der Waals surface area contributed by atoms with Crippen molar-refractivity contribution < 1.29 is 17.9 Å². The van der Waals surface area contributed by atoms with Gasteiger partial charge in [-0.25, -0.2) is 0 Å². The van der Waals surface area contributed by atoms with E-state index in [9.17, 15) is 13.2 Å². The average Bonchev–Trinajstić information content (AvgIpc) is 2.15. The number of hydrogen-bond donors (Lipinski definition) is 0. The Balaban J connectivity index is 2.85. The molecule has 90 valence electrons. The van der Waals surface area contributed by atoms with Crippen molar-refractivity contribution in [2.75, 3.05) is 7.11 Å². The second kappa shape index (κ2) is 5.15. The van der Waals surface area contributed by atoms with Crippen LogP contribution < -0.4 is 4.74 Å². The molecule has 1 aromatic carbocycles. The molecule has 0 heterocycles. The van der Waals surface area contributed by atoms with Crippen LogP contribution in [0.25, 0.3) is 0 Å². The smallest absolute Gasteiger partial charge is 0.390 e. The highest BCUT2D eigenvalue weighted by Gasteiger charge is 2.31. The summed E-state index contributed by atoms with van der Waals surface area (Å²) in [6.07, 6.45) is -5.38. The van der Waals surface area contributed by atoms with Crippen LogP contribution in [0.5, 0.6) is 5.75 Å². The summed E-state index contributed by atoms with van der Waals surface area (Å²) in [4.78, 5) is 0. The molecule has 1 rings (SSSR count). The number of halogens is 5. The molecule has 0 aromatic heterocycles. The van der Waals surface area contributed by atoms with Crippen molar-refractivity contribution in [2.24, 2.45) is 0 Å². The van der Waals surface area contributed by atoms with Crippen LogP contribution in [-0.2, 0) is 0 Å². The van der Waals surface area contributed by atoms with Gasteiger partial charge in [-0.2, -0.15) is 13.2 Å². The SMILES string of the molecule is COc1ccc(C(Cl)CC(F)(F)F)cc1Cl. The van der Waals surface area contributed by atoms with Crippen LogP contribution in [0.4, 0.5) is 13.2 Å². The molecule has 0 bridgehead atoms. The lowest BCUT2D eigenvalue weighted by atomic mass is 10.1. The highest BCUT2D eigenvalue weighted by molar-refractivity contribution is 6.32. The molecule has 0 N–H and O–H groups in total. The molecule has 1 aromatic rings. The van der Waals surface area contributed by atoms with Gasteiger partial charge in [-0.1, -0.05) is 17.7 Å². The maximum Gasteiger partial charge on any atom is 0.390 e. The minimum Gasteiger partial charge on any atom is -0.495 e. The van der Waals surface area contributed by atoms with Crippen LogP contribution >= 0.6 is 23.2 Å². The van der Waals surface area contributed by atoms with E-state index in [-0.39, 0.29) is 5.02 Å². The van der Waals surface area contributed by atoms with Crippen LogP contribution in [0, 0.1) is 0 Å². The van der Waals surface area contributed by atoms with Crippen LogP contribution in [-0.4, -0.2) is 13.3 Å². The molecule has 0 amide bonds. The third-order valence-corrected chi connectivity index (χ3v) is 2.65. The lowest BCUT2D eigenvalue weighted by molar-refractivity contribution is -0.134. The van der Waals surface area contributed by atoms with E-state index in [0.717, 1.165) is 0 Å². The molecule has 1 nitrogen and oxygen atoms in total. The van der Waals surface area contributed by atoms with Crippen LogP contribution in [0.15, 0.2) is 18.2 Å². The maximum atomic E-state index is 12.1. The first-order valence-electron chi connectivity index (χ1n) is 4.38. The minimum absolute atomic E-state index is 0.243. The molecule has 0 aliphatic rings. The molecule has 0 saturated heterocycles. The van der Waals surface area contributed by atoms with Crippen LogP contribution in [0.3, 0.4) is 0 Å². The summed E-state index contributed by atoms with van der Waals surface area (Å²) in [7, 11) is 1.43. The zero-order valence-electron chi connectivity index (χ0n) is 8.31. The van der Waals surface area contributed by atoms with E-state index in [2.05, 4.69) is 0 Å². The molecule has 0 saturated carbocycles. The van der Waals surface area contributed by atoms with Gasteiger partial charge in [0.25, 0.3) is 0 Å². The van der Waals surface area contributed by atoms with E-state index in [0.29, 0.717) is 11.3 Å². The first-order chi connectivity index (χ1) is 7.33. The molecule has 0 fully saturated rings. The van der Waals surface area contributed by atoms with Gasteiger partial charge in [-0.15, -0.1) is 11.6 Å². The topological polar surface area (TPSA) is 9.23 Å². The molecule has 1 atom stereocenters. The van der Waals surface area contributed by atoms with E-state index >= 15 is 0 Å². The van der Waals surface area contributed by atoms with Gasteiger partial charge in [-0.3, -0.25) is 0 Å². The summed E-state index contributed by atoms with van der Waals surface area (Å²) in [5, 5.41) is -0.892. The predicted molar refractivity (Wildman–Crippen MR) is 57.3 cm³/mol. The lowest BCUT2D eigenvalue weighted by Crippen LogP contribution is -2.10. The van der Waals surface area contributed by atoms with Gasteiger partial charge in [0.05, 0.1) is 23.9 Å². The molecule has 1 unspecified atom stereocenters. The molecule has 0 aliphatic carbocycles. The van der Waals surface area contributed by atoms with Crippen molar-refractivity contribution in [3.05, 3.63) is 28.8 Å². The summed E-state index contributed by atoms with van der Waals surface area (Å²) in [6, 6.07) is 4.33. The minimum atomic E-state index is -4.29. The molecule has 0 radical (unpaired) electrons. The summed E-state index contributed by atoms with van der Waals surface area (Å²) < 4.78 is 41.2. The molecular weight excluding hydrogens is 264 g/mol. The lowest BCUT2D eigenvalue weighted by Gasteiger charge is -2.13. The number of methoxy groups -OCH3 is 1. The second-order valence-electron chi connectivity index (χ2n) is 3.18. The molecule has 0 aliphatic heterocycles. The van der Waals surface area contributed by atoms with Gasteiger partial charge in [0.15, 0.2) is 0 Å². The quantitative estimate of drug-likeness (QED) is 0.732. The van der Waals surface area contributed by atoms with Crippen molar-refractivity contribution in [1.29, 1.82) is 0 Å². The number of hydrogen-bond acceptors (Lipinski definition) is 1. The molecule has 0 spiro atoms. The van der Waals surface area contributed by atoms with E-state index in [4.69, 9.17) is 27.9 Å². The average molecular weight is 273 g/mol. The Kier molecular flexibility index (Phi) is 4.33. The Morgan fingerprint density at radius 3 is 2.44 bits per heavy atom. The van der Waals surface area contributed by atoms with Crippen molar-refractivity contribution in [2.45, 2.75) is 18.0 Å². The highest BCUT2D eigenvalue weighted by atomic mass is 35.5. The Morgan fingerprint density at radius 1 is 1.38 bits per heavy atom. The zero-order chi connectivity index (χ0) is 12.3. The number of benzene rings is 1. The summed E-state index contributed by atoms with van der Waals surface area (Å²) in [6.45, 7) is 0. The Bertz CT molecular complexity index is 366. The number of ether oxygens (including phenoxy) is 1. The van der Waals surface area contributed by atoms with Gasteiger partial charge in [0.2, 0.25) is 0 Å². The van der Waals surface area contributed by atoms with Crippen molar-refractivity contribution in [1.82, 2.24) is 0 Å². The molecular formula is C10H9Cl2F3O. The number of rotatable bonds is 3. The van der Waals surface area contributed by atoms with Crippen LogP contribution in [0.1, 0.15) is 17.4 Å². The van der Waals surface area contributed by atoms with E-state index < -0.39 is 18.0 Å². The van der Waals surface area contributed by atoms with Gasteiger partial charge in [0.1, 0.15) is 5.75 Å². The van der Waals surface area contributed by atoms with Gasteiger partial charge < -0.3 is 4.74 Å². The standard InChI is InChI=1S/C10H9Cl2F3O/c1-16-9-3-2-6(4-7(9)11)8(12)5-10(13,14)15/h2-4,8H,5H2,1H3. The van der Waals surface area contributed by atoms with E-state index in [1.807, 2.05) is 0 Å². The third-order valence-electron chi connectivity index (χ3n) is 1.95. The van der Waals surface area contributed by atoms with Gasteiger partial charge >= 0.3 is 6.18 Å².